The second-order valence-electron chi connectivity index (χ2n) is 6.16. The fourth-order valence-corrected chi connectivity index (χ4v) is 3.94. The van der Waals surface area contributed by atoms with Gasteiger partial charge in [-0.3, -0.25) is 9.78 Å². The Balaban J connectivity index is 1.44. The molecule has 1 amide bonds. The van der Waals surface area contributed by atoms with Gasteiger partial charge in [-0.2, -0.15) is 0 Å². The van der Waals surface area contributed by atoms with E-state index in [1.54, 1.807) is 23.6 Å². The van der Waals surface area contributed by atoms with Crippen molar-refractivity contribution in [2.75, 3.05) is 31.1 Å². The van der Waals surface area contributed by atoms with E-state index in [2.05, 4.69) is 9.88 Å². The monoisotopic (exact) mass is 383 g/mol. The lowest BCUT2D eigenvalue weighted by Gasteiger charge is -2.36. The van der Waals surface area contributed by atoms with Crippen molar-refractivity contribution in [3.63, 3.8) is 0 Å². The Morgan fingerprint density at radius 2 is 1.81 bits per heavy atom. The molecule has 3 aromatic rings. The standard InChI is InChI=1S/C20H18ClN3OS/c21-16-3-5-17(6-4-16)23-9-11-24(12-10-23)20(25)15-7-8-22-18(14-15)19-2-1-13-26-19/h1-8,13-14H,9-12H2. The van der Waals surface area contributed by atoms with Crippen LogP contribution in [0.4, 0.5) is 5.69 Å². The van der Waals surface area contributed by atoms with Crippen molar-refractivity contribution in [3.8, 4) is 10.6 Å². The molecule has 1 aliphatic heterocycles. The second-order valence-corrected chi connectivity index (χ2v) is 7.55. The van der Waals surface area contributed by atoms with Crippen LogP contribution in [0.25, 0.3) is 10.6 Å². The molecule has 0 saturated carbocycles. The molecule has 0 aliphatic carbocycles. The lowest BCUT2D eigenvalue weighted by atomic mass is 10.1. The number of rotatable bonds is 3. The number of anilines is 1. The summed E-state index contributed by atoms with van der Waals surface area (Å²) < 4.78 is 0. The number of nitrogens with zero attached hydrogens (tertiary/aromatic N) is 3. The van der Waals surface area contributed by atoms with Crippen LogP contribution in [0.1, 0.15) is 10.4 Å². The van der Waals surface area contributed by atoms with Crippen LogP contribution < -0.4 is 4.90 Å². The zero-order valence-corrected chi connectivity index (χ0v) is 15.7. The summed E-state index contributed by atoms with van der Waals surface area (Å²) in [5.41, 5.74) is 2.69. The minimum atomic E-state index is 0.0703. The number of amides is 1. The molecular weight excluding hydrogens is 366 g/mol. The second kappa shape index (κ2) is 7.48. The number of hydrogen-bond acceptors (Lipinski definition) is 4. The molecule has 0 unspecified atom stereocenters. The van der Waals surface area contributed by atoms with Crippen LogP contribution in [0, 0.1) is 0 Å². The minimum absolute atomic E-state index is 0.0703. The lowest BCUT2D eigenvalue weighted by molar-refractivity contribution is 0.0746. The molecule has 0 atom stereocenters. The van der Waals surface area contributed by atoms with E-state index in [9.17, 15) is 4.79 Å². The summed E-state index contributed by atoms with van der Waals surface area (Å²) in [5.74, 6) is 0.0703. The normalized spacial score (nSPS) is 14.5. The Bertz CT molecular complexity index is 888. The van der Waals surface area contributed by atoms with Crippen molar-refractivity contribution in [3.05, 3.63) is 70.7 Å². The van der Waals surface area contributed by atoms with Gasteiger partial charge in [-0.15, -0.1) is 11.3 Å². The minimum Gasteiger partial charge on any atom is -0.368 e. The highest BCUT2D eigenvalue weighted by Gasteiger charge is 2.22. The summed E-state index contributed by atoms with van der Waals surface area (Å²) in [6, 6.07) is 15.5. The highest BCUT2D eigenvalue weighted by atomic mass is 35.5. The van der Waals surface area contributed by atoms with Crippen molar-refractivity contribution < 1.29 is 4.79 Å². The molecule has 0 spiro atoms. The molecule has 0 bridgehead atoms. The topological polar surface area (TPSA) is 36.4 Å². The molecule has 4 rings (SSSR count). The van der Waals surface area contributed by atoms with E-state index in [-0.39, 0.29) is 5.91 Å². The average molecular weight is 384 g/mol. The quantitative estimate of drug-likeness (QED) is 0.671. The predicted octanol–water partition coefficient (Wildman–Crippen LogP) is 4.43. The number of carbonyl (C=O) groups excluding carboxylic acids is 1. The number of thiophene rings is 1. The average Bonchev–Trinajstić information content (AvgIpc) is 3.23. The number of hydrogen-bond donors (Lipinski definition) is 0. The highest BCUT2D eigenvalue weighted by Crippen LogP contribution is 2.24. The highest BCUT2D eigenvalue weighted by molar-refractivity contribution is 7.13. The smallest absolute Gasteiger partial charge is 0.254 e. The number of piperazine rings is 1. The third kappa shape index (κ3) is 3.59. The molecule has 132 valence electrons. The van der Waals surface area contributed by atoms with E-state index in [1.165, 1.54) is 0 Å². The summed E-state index contributed by atoms with van der Waals surface area (Å²) in [6.45, 7) is 3.04. The van der Waals surface area contributed by atoms with Crippen LogP contribution in [0.3, 0.4) is 0 Å². The summed E-state index contributed by atoms with van der Waals surface area (Å²) in [7, 11) is 0. The molecule has 2 aromatic heterocycles. The zero-order valence-electron chi connectivity index (χ0n) is 14.1. The summed E-state index contributed by atoms with van der Waals surface area (Å²) in [5, 5.41) is 2.75. The number of carbonyl (C=O) groups is 1. The van der Waals surface area contributed by atoms with Crippen molar-refractivity contribution in [2.45, 2.75) is 0 Å². The van der Waals surface area contributed by atoms with Crippen LogP contribution in [0.2, 0.25) is 5.02 Å². The largest absolute Gasteiger partial charge is 0.368 e. The van der Waals surface area contributed by atoms with Gasteiger partial charge in [-0.25, -0.2) is 0 Å². The van der Waals surface area contributed by atoms with Crippen molar-refractivity contribution in [1.29, 1.82) is 0 Å². The van der Waals surface area contributed by atoms with Gasteiger partial charge in [-0.05, 0) is 47.8 Å². The molecule has 1 fully saturated rings. The van der Waals surface area contributed by atoms with E-state index < -0.39 is 0 Å². The molecule has 6 heteroatoms. The number of benzene rings is 1. The van der Waals surface area contributed by atoms with Crippen LogP contribution in [0.15, 0.2) is 60.1 Å². The Kier molecular flexibility index (Phi) is 4.91. The van der Waals surface area contributed by atoms with E-state index in [0.29, 0.717) is 18.7 Å². The third-order valence-electron chi connectivity index (χ3n) is 4.54. The zero-order chi connectivity index (χ0) is 17.9. The van der Waals surface area contributed by atoms with Crippen molar-refractivity contribution >= 4 is 34.5 Å². The van der Waals surface area contributed by atoms with Crippen molar-refractivity contribution in [2.24, 2.45) is 0 Å². The third-order valence-corrected chi connectivity index (χ3v) is 5.68. The Morgan fingerprint density at radius 1 is 1.04 bits per heavy atom. The van der Waals surface area contributed by atoms with Gasteiger partial charge in [-0.1, -0.05) is 17.7 Å². The van der Waals surface area contributed by atoms with Gasteiger partial charge in [0.05, 0.1) is 10.6 Å². The fourth-order valence-electron chi connectivity index (χ4n) is 3.12. The SMILES string of the molecule is O=C(c1ccnc(-c2cccs2)c1)N1CCN(c2ccc(Cl)cc2)CC1. The molecule has 0 N–H and O–H groups in total. The molecule has 1 aliphatic rings. The van der Waals surface area contributed by atoms with Crippen LogP contribution >= 0.6 is 22.9 Å². The van der Waals surface area contributed by atoms with E-state index in [1.807, 2.05) is 52.7 Å². The number of aromatic nitrogens is 1. The van der Waals surface area contributed by atoms with Gasteiger partial charge in [0, 0.05) is 48.6 Å². The van der Waals surface area contributed by atoms with Gasteiger partial charge in [0.2, 0.25) is 0 Å². The van der Waals surface area contributed by atoms with Gasteiger partial charge < -0.3 is 9.80 Å². The van der Waals surface area contributed by atoms with Gasteiger partial charge >= 0.3 is 0 Å². The molecule has 0 radical (unpaired) electrons. The summed E-state index contributed by atoms with van der Waals surface area (Å²) in [6.07, 6.45) is 1.71. The maximum absolute atomic E-state index is 12.9. The first-order valence-electron chi connectivity index (χ1n) is 8.50. The first kappa shape index (κ1) is 17.1. The number of halogens is 1. The van der Waals surface area contributed by atoms with Gasteiger partial charge in [0.25, 0.3) is 5.91 Å². The van der Waals surface area contributed by atoms with E-state index in [4.69, 9.17) is 11.6 Å². The van der Waals surface area contributed by atoms with Crippen LogP contribution in [-0.4, -0.2) is 42.0 Å². The maximum atomic E-state index is 12.9. The maximum Gasteiger partial charge on any atom is 0.254 e. The summed E-state index contributed by atoms with van der Waals surface area (Å²) >= 11 is 7.58. The van der Waals surface area contributed by atoms with Crippen molar-refractivity contribution in [1.82, 2.24) is 9.88 Å². The van der Waals surface area contributed by atoms with E-state index in [0.717, 1.165) is 34.4 Å². The Hall–Kier alpha value is -2.37. The van der Waals surface area contributed by atoms with Gasteiger partial charge in [0.1, 0.15) is 0 Å². The summed E-state index contributed by atoms with van der Waals surface area (Å²) in [4.78, 5) is 22.5. The fraction of sp³-hybridized carbons (Fsp3) is 0.200. The Labute approximate surface area is 161 Å². The number of pyridine rings is 1. The molecular formula is C20H18ClN3OS. The first-order valence-corrected chi connectivity index (χ1v) is 9.76. The Morgan fingerprint density at radius 3 is 2.50 bits per heavy atom. The molecule has 3 heterocycles. The van der Waals surface area contributed by atoms with Crippen LogP contribution in [0.5, 0.6) is 0 Å². The van der Waals surface area contributed by atoms with Gasteiger partial charge in [0.15, 0.2) is 0 Å². The molecule has 1 saturated heterocycles. The molecule has 1 aromatic carbocycles. The molecule has 4 nitrogen and oxygen atoms in total. The first-order chi connectivity index (χ1) is 12.7. The predicted molar refractivity (Wildman–Crippen MR) is 107 cm³/mol. The van der Waals surface area contributed by atoms with E-state index >= 15 is 0 Å². The molecule has 26 heavy (non-hydrogen) atoms. The van der Waals surface area contributed by atoms with Crippen LogP contribution in [-0.2, 0) is 0 Å². The lowest BCUT2D eigenvalue weighted by Crippen LogP contribution is -2.48.